The van der Waals surface area contributed by atoms with Crippen molar-refractivity contribution in [2.75, 3.05) is 13.1 Å². The summed E-state index contributed by atoms with van der Waals surface area (Å²) in [4.78, 5) is 0. The summed E-state index contributed by atoms with van der Waals surface area (Å²) in [7, 11) is -4.47. The molecule has 0 unspecified atom stereocenters. The lowest BCUT2D eigenvalue weighted by Gasteiger charge is -2.34. The summed E-state index contributed by atoms with van der Waals surface area (Å²) in [5.74, 6) is -3.35. The Kier molecular flexibility index (Phi) is 3.44. The highest BCUT2D eigenvalue weighted by Gasteiger charge is 2.35. The van der Waals surface area contributed by atoms with E-state index in [0.717, 1.165) is 0 Å². The minimum atomic E-state index is -4.47. The summed E-state index contributed by atoms with van der Waals surface area (Å²) in [5.41, 5.74) is -0.736. The highest BCUT2D eigenvalue weighted by molar-refractivity contribution is 7.89. The number of hydrogen-bond acceptors (Lipinski definition) is 3. The Morgan fingerprint density at radius 1 is 1.36 bits per heavy atom. The summed E-state index contributed by atoms with van der Waals surface area (Å²) in [6, 6.07) is 0. The molecule has 0 bridgehead atoms. The summed E-state index contributed by atoms with van der Waals surface area (Å²) in [6.07, 6.45) is 1.05. The zero-order chi connectivity index (χ0) is 10.8. The minimum Gasteiger partial charge on any atom is -0.317 e. The molecule has 2 N–H and O–H groups in total. The van der Waals surface area contributed by atoms with Crippen molar-refractivity contribution >= 4 is 10.0 Å². The number of rotatable bonds is 3. The van der Waals surface area contributed by atoms with Gasteiger partial charge in [-0.2, -0.15) is 8.78 Å². The maximum absolute atomic E-state index is 12.1. The Morgan fingerprint density at radius 2 is 1.86 bits per heavy atom. The van der Waals surface area contributed by atoms with Gasteiger partial charge in [-0.3, -0.25) is 0 Å². The van der Waals surface area contributed by atoms with Gasteiger partial charge in [-0.05, 0) is 32.9 Å². The van der Waals surface area contributed by atoms with Crippen molar-refractivity contribution in [2.45, 2.75) is 31.1 Å². The fourth-order valence-corrected chi connectivity index (χ4v) is 2.45. The molecule has 84 valence electrons. The normalized spacial score (nSPS) is 22.6. The fourth-order valence-electron chi connectivity index (χ4n) is 1.47. The molecule has 0 aromatic heterocycles. The van der Waals surface area contributed by atoms with E-state index in [0.29, 0.717) is 25.9 Å². The topological polar surface area (TPSA) is 58.2 Å². The average molecular weight is 228 g/mol. The van der Waals surface area contributed by atoms with Gasteiger partial charge in [0.25, 0.3) is 10.0 Å². The first-order valence-corrected chi connectivity index (χ1v) is 5.92. The van der Waals surface area contributed by atoms with E-state index in [4.69, 9.17) is 0 Å². The van der Waals surface area contributed by atoms with Gasteiger partial charge in [-0.1, -0.05) is 0 Å². The van der Waals surface area contributed by atoms with Crippen LogP contribution in [0.5, 0.6) is 0 Å². The van der Waals surface area contributed by atoms with E-state index in [-0.39, 0.29) is 0 Å². The Labute approximate surface area is 82.1 Å². The van der Waals surface area contributed by atoms with Crippen LogP contribution in [0.25, 0.3) is 0 Å². The highest BCUT2D eigenvalue weighted by atomic mass is 32.2. The van der Waals surface area contributed by atoms with Crippen LogP contribution in [0.3, 0.4) is 0 Å². The molecule has 0 radical (unpaired) electrons. The van der Waals surface area contributed by atoms with Crippen LogP contribution in [0.4, 0.5) is 8.78 Å². The van der Waals surface area contributed by atoms with E-state index < -0.39 is 21.3 Å². The van der Waals surface area contributed by atoms with Gasteiger partial charge in [0.05, 0.1) is 0 Å². The van der Waals surface area contributed by atoms with Crippen LogP contribution in [0.1, 0.15) is 19.8 Å². The second kappa shape index (κ2) is 4.08. The molecule has 0 aromatic rings. The molecule has 1 fully saturated rings. The van der Waals surface area contributed by atoms with E-state index >= 15 is 0 Å². The van der Waals surface area contributed by atoms with Crippen LogP contribution in [0.15, 0.2) is 0 Å². The number of piperidine rings is 1. The van der Waals surface area contributed by atoms with Crippen LogP contribution in [0, 0.1) is 0 Å². The second-order valence-corrected chi connectivity index (χ2v) is 5.37. The highest BCUT2D eigenvalue weighted by Crippen LogP contribution is 2.19. The molecule has 1 rings (SSSR count). The molecule has 0 saturated carbocycles. The van der Waals surface area contributed by atoms with E-state index in [1.807, 2.05) is 0 Å². The standard InChI is InChI=1S/C7H14F2N2O2S/c1-7(2-4-10-5-3-7)11-14(12,13)6(8)9/h6,10-11H,2-5H2,1H3. The van der Waals surface area contributed by atoms with Gasteiger partial charge in [-0.25, -0.2) is 13.1 Å². The van der Waals surface area contributed by atoms with Gasteiger partial charge in [0.1, 0.15) is 0 Å². The maximum atomic E-state index is 12.1. The monoisotopic (exact) mass is 228 g/mol. The molecule has 0 aliphatic carbocycles. The van der Waals surface area contributed by atoms with Crippen molar-refractivity contribution < 1.29 is 17.2 Å². The van der Waals surface area contributed by atoms with Crippen molar-refractivity contribution in [3.8, 4) is 0 Å². The number of nitrogens with one attached hydrogen (secondary N) is 2. The van der Waals surface area contributed by atoms with Gasteiger partial charge in [0.15, 0.2) is 0 Å². The maximum Gasteiger partial charge on any atom is 0.350 e. The predicted octanol–water partition coefficient (Wildman–Crippen LogP) is 0.271. The predicted molar refractivity (Wildman–Crippen MR) is 48.6 cm³/mol. The minimum absolute atomic E-state index is 0.527. The smallest absolute Gasteiger partial charge is 0.317 e. The van der Waals surface area contributed by atoms with Crippen LogP contribution in [-0.2, 0) is 10.0 Å². The van der Waals surface area contributed by atoms with Crippen LogP contribution < -0.4 is 10.0 Å². The first kappa shape index (κ1) is 11.8. The Morgan fingerprint density at radius 3 is 2.29 bits per heavy atom. The SMILES string of the molecule is CC1(NS(=O)(=O)C(F)F)CCNCC1. The Hall–Kier alpha value is -0.270. The quantitative estimate of drug-likeness (QED) is 0.729. The van der Waals surface area contributed by atoms with Crippen molar-refractivity contribution in [3.63, 3.8) is 0 Å². The van der Waals surface area contributed by atoms with E-state index in [1.54, 1.807) is 6.92 Å². The summed E-state index contributed by atoms with van der Waals surface area (Å²) < 4.78 is 48.0. The van der Waals surface area contributed by atoms with E-state index in [2.05, 4.69) is 10.0 Å². The number of sulfonamides is 1. The number of halogens is 2. The molecule has 1 saturated heterocycles. The molecule has 1 aliphatic heterocycles. The lowest BCUT2D eigenvalue weighted by Crippen LogP contribution is -2.53. The lowest BCUT2D eigenvalue weighted by atomic mass is 9.92. The molecule has 14 heavy (non-hydrogen) atoms. The molecule has 1 heterocycles. The average Bonchev–Trinajstić information content (AvgIpc) is 2.03. The Balaban J connectivity index is 2.66. The van der Waals surface area contributed by atoms with Crippen molar-refractivity contribution in [1.29, 1.82) is 0 Å². The van der Waals surface area contributed by atoms with Gasteiger partial charge in [0.2, 0.25) is 0 Å². The van der Waals surface area contributed by atoms with Crippen molar-refractivity contribution in [2.24, 2.45) is 0 Å². The third-order valence-corrected chi connectivity index (χ3v) is 3.58. The summed E-state index contributed by atoms with van der Waals surface area (Å²) in [6.45, 7) is 2.93. The zero-order valence-corrected chi connectivity index (χ0v) is 8.70. The third kappa shape index (κ3) is 2.86. The van der Waals surface area contributed by atoms with Crippen molar-refractivity contribution in [3.05, 3.63) is 0 Å². The molecule has 0 amide bonds. The van der Waals surface area contributed by atoms with Crippen molar-refractivity contribution in [1.82, 2.24) is 10.0 Å². The summed E-state index contributed by atoms with van der Waals surface area (Å²) in [5, 5.41) is 3.03. The molecular weight excluding hydrogens is 214 g/mol. The first-order chi connectivity index (χ1) is 6.36. The van der Waals surface area contributed by atoms with Crippen LogP contribution in [0.2, 0.25) is 0 Å². The largest absolute Gasteiger partial charge is 0.350 e. The molecule has 0 atom stereocenters. The van der Waals surface area contributed by atoms with E-state index in [9.17, 15) is 17.2 Å². The number of hydrogen-bond donors (Lipinski definition) is 2. The molecule has 1 aliphatic rings. The van der Waals surface area contributed by atoms with Crippen LogP contribution >= 0.6 is 0 Å². The van der Waals surface area contributed by atoms with Gasteiger partial charge in [0, 0.05) is 5.54 Å². The fraction of sp³-hybridized carbons (Fsp3) is 1.00. The number of alkyl halides is 2. The van der Waals surface area contributed by atoms with Crippen LogP contribution in [-0.4, -0.2) is 32.8 Å². The molecule has 0 aromatic carbocycles. The first-order valence-electron chi connectivity index (χ1n) is 4.37. The Bertz CT molecular complexity index is 286. The van der Waals surface area contributed by atoms with Gasteiger partial charge < -0.3 is 5.32 Å². The lowest BCUT2D eigenvalue weighted by molar-refractivity contribution is 0.223. The second-order valence-electron chi connectivity index (χ2n) is 3.72. The third-order valence-electron chi connectivity index (χ3n) is 2.33. The molecule has 7 heteroatoms. The molecular formula is C7H14F2N2O2S. The zero-order valence-electron chi connectivity index (χ0n) is 7.89. The molecule has 4 nitrogen and oxygen atoms in total. The summed E-state index contributed by atoms with van der Waals surface area (Å²) >= 11 is 0. The molecule has 0 spiro atoms. The van der Waals surface area contributed by atoms with Gasteiger partial charge >= 0.3 is 5.76 Å². The van der Waals surface area contributed by atoms with E-state index in [1.165, 1.54) is 0 Å². The van der Waals surface area contributed by atoms with Gasteiger partial charge in [-0.15, -0.1) is 0 Å².